The molecule has 28 heavy (non-hydrogen) atoms. The van der Waals surface area contributed by atoms with Gasteiger partial charge in [-0.3, -0.25) is 14.2 Å². The van der Waals surface area contributed by atoms with Crippen molar-refractivity contribution < 1.29 is 18.4 Å². The predicted octanol–water partition coefficient (Wildman–Crippen LogP) is 2.17. The minimum atomic E-state index is -0.693. The Balaban J connectivity index is 1.38. The van der Waals surface area contributed by atoms with Crippen molar-refractivity contribution in [2.24, 2.45) is 0 Å². The molecule has 146 valence electrons. The van der Waals surface area contributed by atoms with Gasteiger partial charge in [-0.1, -0.05) is 12.1 Å². The van der Waals surface area contributed by atoms with Crippen molar-refractivity contribution in [1.82, 2.24) is 14.8 Å². The van der Waals surface area contributed by atoms with Gasteiger partial charge in [0.2, 0.25) is 5.91 Å². The van der Waals surface area contributed by atoms with Gasteiger partial charge in [0.15, 0.2) is 5.58 Å². The third-order valence-corrected chi connectivity index (χ3v) is 5.18. The summed E-state index contributed by atoms with van der Waals surface area (Å²) < 4.78 is 11.5. The predicted molar refractivity (Wildman–Crippen MR) is 101 cm³/mol. The van der Waals surface area contributed by atoms with E-state index in [9.17, 15) is 14.4 Å². The fraction of sp³-hybridized carbons (Fsp3) is 0.350. The van der Waals surface area contributed by atoms with Gasteiger partial charge in [-0.2, -0.15) is 0 Å². The highest BCUT2D eigenvalue weighted by atomic mass is 16.4. The van der Waals surface area contributed by atoms with Crippen LogP contribution in [0.2, 0.25) is 0 Å². The van der Waals surface area contributed by atoms with Crippen LogP contribution in [0.3, 0.4) is 0 Å². The molecule has 1 unspecified atom stereocenters. The molecule has 4 rings (SSSR count). The Morgan fingerprint density at radius 1 is 1.18 bits per heavy atom. The third-order valence-electron chi connectivity index (χ3n) is 5.18. The zero-order chi connectivity index (χ0) is 19.7. The van der Waals surface area contributed by atoms with Gasteiger partial charge in [0.25, 0.3) is 5.91 Å². The second kappa shape index (κ2) is 7.38. The number of rotatable bonds is 4. The maximum Gasteiger partial charge on any atom is 0.420 e. The standard InChI is InChI=1S/C20H21N3O5/c1-13(23-16-4-2-3-5-17(16)28-20(23)26)18(24)21-15-6-9-22(10-7-15)19(25)14-8-11-27-12-14/h2-5,8,11-13,15H,6-7,9-10H2,1H3,(H,21,24). The maximum absolute atomic E-state index is 12.7. The normalized spacial score (nSPS) is 16.2. The second-order valence-electron chi connectivity index (χ2n) is 6.97. The van der Waals surface area contributed by atoms with Crippen molar-refractivity contribution in [1.29, 1.82) is 0 Å². The molecule has 1 N–H and O–H groups in total. The monoisotopic (exact) mass is 383 g/mol. The summed E-state index contributed by atoms with van der Waals surface area (Å²) in [4.78, 5) is 39.0. The van der Waals surface area contributed by atoms with Crippen molar-refractivity contribution in [3.05, 3.63) is 59.0 Å². The first kappa shape index (κ1) is 18.1. The molecule has 0 spiro atoms. The van der Waals surface area contributed by atoms with Gasteiger partial charge in [-0.15, -0.1) is 0 Å². The number of fused-ring (bicyclic) bond motifs is 1. The Morgan fingerprint density at radius 2 is 1.93 bits per heavy atom. The smallest absolute Gasteiger partial charge is 0.420 e. The Kier molecular flexibility index (Phi) is 4.77. The number of oxazole rings is 1. The lowest BCUT2D eigenvalue weighted by atomic mass is 10.0. The molecule has 3 aromatic rings. The van der Waals surface area contributed by atoms with Crippen molar-refractivity contribution >= 4 is 22.9 Å². The van der Waals surface area contributed by atoms with Crippen LogP contribution in [0.5, 0.6) is 0 Å². The minimum absolute atomic E-state index is 0.0442. The molecule has 8 heteroatoms. The van der Waals surface area contributed by atoms with E-state index in [1.807, 2.05) is 0 Å². The Bertz CT molecular complexity index is 1040. The molecular formula is C20H21N3O5. The molecule has 1 atom stereocenters. The number of furan rings is 1. The summed E-state index contributed by atoms with van der Waals surface area (Å²) in [5.74, 6) is -0.860. The first-order valence-corrected chi connectivity index (χ1v) is 9.26. The largest absolute Gasteiger partial charge is 0.472 e. The Morgan fingerprint density at radius 3 is 2.64 bits per heavy atom. The molecule has 1 aromatic carbocycles. The summed E-state index contributed by atoms with van der Waals surface area (Å²) >= 11 is 0. The average molecular weight is 383 g/mol. The van der Waals surface area contributed by atoms with E-state index in [-0.39, 0.29) is 17.9 Å². The molecule has 1 fully saturated rings. The molecule has 0 radical (unpaired) electrons. The van der Waals surface area contributed by atoms with Gasteiger partial charge in [-0.25, -0.2) is 4.79 Å². The first-order valence-electron chi connectivity index (χ1n) is 9.26. The van der Waals surface area contributed by atoms with Crippen molar-refractivity contribution in [3.8, 4) is 0 Å². The number of hydrogen-bond acceptors (Lipinski definition) is 5. The van der Waals surface area contributed by atoms with E-state index in [1.54, 1.807) is 42.2 Å². The van der Waals surface area contributed by atoms with E-state index < -0.39 is 11.8 Å². The molecule has 8 nitrogen and oxygen atoms in total. The van der Waals surface area contributed by atoms with Gasteiger partial charge in [0, 0.05) is 19.1 Å². The van der Waals surface area contributed by atoms with E-state index in [0.29, 0.717) is 42.6 Å². The number of amides is 2. The second-order valence-corrected chi connectivity index (χ2v) is 6.97. The summed E-state index contributed by atoms with van der Waals surface area (Å²) in [5.41, 5.74) is 1.58. The number of piperidine rings is 1. The lowest BCUT2D eigenvalue weighted by molar-refractivity contribution is -0.124. The zero-order valence-electron chi connectivity index (χ0n) is 15.5. The zero-order valence-corrected chi connectivity index (χ0v) is 15.5. The summed E-state index contributed by atoms with van der Waals surface area (Å²) in [6.07, 6.45) is 4.22. The molecule has 0 bridgehead atoms. The lowest BCUT2D eigenvalue weighted by Gasteiger charge is -2.32. The van der Waals surface area contributed by atoms with Gasteiger partial charge < -0.3 is 19.1 Å². The number of carbonyl (C=O) groups excluding carboxylic acids is 2. The number of hydrogen-bond donors (Lipinski definition) is 1. The number of nitrogens with one attached hydrogen (secondary N) is 1. The summed E-state index contributed by atoms with van der Waals surface area (Å²) in [5, 5.41) is 3.00. The van der Waals surface area contributed by atoms with Crippen LogP contribution >= 0.6 is 0 Å². The first-order chi connectivity index (χ1) is 13.5. The number of carbonyl (C=O) groups is 2. The molecule has 1 saturated heterocycles. The van der Waals surface area contributed by atoms with Crippen LogP contribution in [0.4, 0.5) is 0 Å². The summed E-state index contributed by atoms with van der Waals surface area (Å²) in [6.45, 7) is 2.78. The van der Waals surface area contributed by atoms with E-state index in [0.717, 1.165) is 0 Å². The van der Waals surface area contributed by atoms with Crippen LogP contribution in [0.1, 0.15) is 36.2 Å². The van der Waals surface area contributed by atoms with Gasteiger partial charge in [-0.05, 0) is 38.0 Å². The van der Waals surface area contributed by atoms with Crippen molar-refractivity contribution in [3.63, 3.8) is 0 Å². The van der Waals surface area contributed by atoms with Gasteiger partial charge >= 0.3 is 5.76 Å². The molecule has 2 amide bonds. The Labute approximate surface area is 160 Å². The minimum Gasteiger partial charge on any atom is -0.472 e. The van der Waals surface area contributed by atoms with Crippen molar-refractivity contribution in [2.75, 3.05) is 13.1 Å². The third kappa shape index (κ3) is 3.33. The molecule has 0 aliphatic carbocycles. The highest BCUT2D eigenvalue weighted by Gasteiger charge is 2.28. The highest BCUT2D eigenvalue weighted by molar-refractivity contribution is 5.93. The topological polar surface area (TPSA) is 97.7 Å². The van der Waals surface area contributed by atoms with E-state index in [1.165, 1.54) is 17.1 Å². The van der Waals surface area contributed by atoms with Crippen LogP contribution in [-0.2, 0) is 4.79 Å². The molecular weight excluding hydrogens is 362 g/mol. The molecule has 1 aliphatic rings. The number of nitrogens with zero attached hydrogens (tertiary/aromatic N) is 2. The van der Waals surface area contributed by atoms with E-state index in [4.69, 9.17) is 8.83 Å². The van der Waals surface area contributed by atoms with Crippen LogP contribution in [0.25, 0.3) is 11.1 Å². The number of aromatic nitrogens is 1. The van der Waals surface area contributed by atoms with Crippen LogP contribution < -0.4 is 11.1 Å². The van der Waals surface area contributed by atoms with E-state index >= 15 is 0 Å². The molecule has 1 aliphatic heterocycles. The molecule has 2 aromatic heterocycles. The van der Waals surface area contributed by atoms with Gasteiger partial charge in [0.1, 0.15) is 12.3 Å². The van der Waals surface area contributed by atoms with Crippen LogP contribution in [0, 0.1) is 0 Å². The summed E-state index contributed by atoms with van der Waals surface area (Å²) in [6, 6.07) is 7.93. The highest BCUT2D eigenvalue weighted by Crippen LogP contribution is 2.18. The van der Waals surface area contributed by atoms with Gasteiger partial charge in [0.05, 0.1) is 17.3 Å². The maximum atomic E-state index is 12.7. The fourth-order valence-corrected chi connectivity index (χ4v) is 3.59. The average Bonchev–Trinajstić information content (AvgIpc) is 3.34. The van der Waals surface area contributed by atoms with Crippen LogP contribution in [-0.4, -0.2) is 40.4 Å². The van der Waals surface area contributed by atoms with Crippen molar-refractivity contribution in [2.45, 2.75) is 31.8 Å². The lowest BCUT2D eigenvalue weighted by Crippen LogP contribution is -2.48. The molecule has 0 saturated carbocycles. The SMILES string of the molecule is CC(C(=O)NC1CCN(C(=O)c2ccoc2)CC1)n1c(=O)oc2ccccc21. The molecule has 3 heterocycles. The summed E-state index contributed by atoms with van der Waals surface area (Å²) in [7, 11) is 0. The quantitative estimate of drug-likeness (QED) is 0.745. The fourth-order valence-electron chi connectivity index (χ4n) is 3.59. The Hall–Kier alpha value is -3.29. The van der Waals surface area contributed by atoms with E-state index in [2.05, 4.69) is 5.32 Å². The number of para-hydroxylation sites is 2. The van der Waals surface area contributed by atoms with Crippen LogP contribution in [0.15, 0.2) is 56.5 Å². The number of benzene rings is 1. The number of likely N-dealkylation sites (tertiary alicyclic amines) is 1.